The Morgan fingerprint density at radius 1 is 0.600 bits per heavy atom. The van der Waals surface area contributed by atoms with Gasteiger partial charge >= 0.3 is 23.9 Å². The molecular weight excluding hydrogens is 400 g/mol. The van der Waals surface area contributed by atoms with Crippen molar-refractivity contribution in [2.24, 2.45) is 0 Å². The Bertz CT molecular complexity index is 705. The summed E-state index contributed by atoms with van der Waals surface area (Å²) in [5.41, 5.74) is 0.333. The van der Waals surface area contributed by atoms with E-state index in [-0.39, 0.29) is 22.3 Å². The molecule has 0 unspecified atom stereocenters. The van der Waals surface area contributed by atoms with Crippen LogP contribution in [0.2, 0.25) is 0 Å². The molecule has 0 atom stereocenters. The first-order valence-corrected chi connectivity index (χ1v) is 8.49. The van der Waals surface area contributed by atoms with Crippen molar-refractivity contribution >= 4 is 23.9 Å². The lowest BCUT2D eigenvalue weighted by molar-refractivity contribution is -0.0454. The van der Waals surface area contributed by atoms with Crippen LogP contribution in [-0.4, -0.2) is 60.8 Å². The van der Waals surface area contributed by atoms with Gasteiger partial charge in [0.15, 0.2) is 6.29 Å². The van der Waals surface area contributed by atoms with Crippen LogP contribution in [0.25, 0.3) is 0 Å². The smallest absolute Gasteiger partial charge is 0.335 e. The third kappa shape index (κ3) is 10.5. The van der Waals surface area contributed by atoms with Crippen molar-refractivity contribution in [2.75, 3.05) is 0 Å². The molecule has 2 aromatic rings. The van der Waals surface area contributed by atoms with Crippen LogP contribution in [0.4, 0.5) is 0 Å². The minimum atomic E-state index is -1.10. The fourth-order valence-electron chi connectivity index (χ4n) is 1.77. The minimum Gasteiger partial charge on any atom is -0.478 e. The Hall–Kier alpha value is -3.76. The maximum Gasteiger partial charge on any atom is 0.335 e. The lowest BCUT2D eigenvalue weighted by Gasteiger charge is -1.94. The molecule has 0 fully saturated rings. The van der Waals surface area contributed by atoms with Crippen LogP contribution in [0.15, 0.2) is 48.5 Å². The predicted molar refractivity (Wildman–Crippen MR) is 104 cm³/mol. The van der Waals surface area contributed by atoms with Crippen LogP contribution in [0, 0.1) is 0 Å². The number of hydrogen-bond acceptors (Lipinski definition) is 6. The molecule has 6 N–H and O–H groups in total. The Kier molecular flexibility index (Phi) is 11.7. The van der Waals surface area contributed by atoms with Crippen LogP contribution in [0.1, 0.15) is 61.2 Å². The number of aliphatic hydroxyl groups excluding tert-OH is 1. The fraction of sp³-hybridized carbons (Fsp3) is 0.200. The van der Waals surface area contributed by atoms with E-state index in [9.17, 15) is 19.2 Å². The van der Waals surface area contributed by atoms with Crippen LogP contribution >= 0.6 is 0 Å². The molecule has 0 amide bonds. The zero-order valence-electron chi connectivity index (χ0n) is 15.9. The van der Waals surface area contributed by atoms with Gasteiger partial charge in [-0.1, -0.05) is 13.3 Å². The van der Waals surface area contributed by atoms with E-state index in [4.69, 9.17) is 30.6 Å². The van der Waals surface area contributed by atoms with Gasteiger partial charge in [-0.2, -0.15) is 0 Å². The van der Waals surface area contributed by atoms with Crippen LogP contribution in [0.5, 0.6) is 0 Å². The van der Waals surface area contributed by atoms with E-state index in [1.165, 1.54) is 48.5 Å². The molecule has 0 saturated heterocycles. The molecule has 0 radical (unpaired) electrons. The number of rotatable bonds is 6. The van der Waals surface area contributed by atoms with Crippen LogP contribution in [-0.2, 0) is 0 Å². The average molecular weight is 422 g/mol. The van der Waals surface area contributed by atoms with Gasteiger partial charge in [-0.15, -0.1) is 0 Å². The zero-order valence-corrected chi connectivity index (χ0v) is 15.9. The molecule has 10 heteroatoms. The summed E-state index contributed by atoms with van der Waals surface area (Å²) in [4.78, 5) is 41.3. The largest absolute Gasteiger partial charge is 0.478 e. The number of carboxylic acids is 4. The molecule has 2 rings (SSSR count). The fourth-order valence-corrected chi connectivity index (χ4v) is 1.77. The van der Waals surface area contributed by atoms with Crippen molar-refractivity contribution < 1.29 is 49.8 Å². The molecule has 0 aliphatic carbocycles. The second-order valence-electron chi connectivity index (χ2n) is 5.64. The SMILES string of the molecule is CCCC(O)O.O=C(O)c1ccc(C(=O)O)cc1.O=C(O)c1ccc(C(=O)O)cc1. The normalized spacial score (nSPS) is 9.47. The van der Waals surface area contributed by atoms with Gasteiger partial charge in [0, 0.05) is 0 Å². The first kappa shape index (κ1) is 26.2. The van der Waals surface area contributed by atoms with E-state index in [0.717, 1.165) is 6.42 Å². The minimum absolute atomic E-state index is 0.0833. The van der Waals surface area contributed by atoms with Gasteiger partial charge in [-0.3, -0.25) is 0 Å². The van der Waals surface area contributed by atoms with Gasteiger partial charge in [-0.25, -0.2) is 19.2 Å². The predicted octanol–water partition coefficient (Wildman–Crippen LogP) is 2.26. The molecule has 0 aromatic heterocycles. The van der Waals surface area contributed by atoms with Gasteiger partial charge in [-0.05, 0) is 55.0 Å². The maximum atomic E-state index is 10.3. The highest BCUT2D eigenvalue weighted by Gasteiger charge is 2.05. The Labute approximate surface area is 171 Å². The first-order valence-electron chi connectivity index (χ1n) is 8.49. The van der Waals surface area contributed by atoms with Crippen molar-refractivity contribution in [1.82, 2.24) is 0 Å². The van der Waals surface area contributed by atoms with Crippen molar-refractivity contribution in [3.05, 3.63) is 70.8 Å². The molecule has 0 spiro atoms. The molecule has 0 aliphatic rings. The van der Waals surface area contributed by atoms with E-state index >= 15 is 0 Å². The highest BCUT2D eigenvalue weighted by atomic mass is 16.5. The summed E-state index contributed by atoms with van der Waals surface area (Å²) >= 11 is 0. The van der Waals surface area contributed by atoms with E-state index < -0.39 is 30.2 Å². The highest BCUT2D eigenvalue weighted by Crippen LogP contribution is 2.04. The van der Waals surface area contributed by atoms with Crippen molar-refractivity contribution in [3.63, 3.8) is 0 Å². The summed E-state index contributed by atoms with van der Waals surface area (Å²) in [6.07, 6.45) is 0.215. The monoisotopic (exact) mass is 422 g/mol. The molecular formula is C20H22O10. The lowest BCUT2D eigenvalue weighted by atomic mass is 10.1. The number of hydrogen-bond donors (Lipinski definition) is 6. The summed E-state index contributed by atoms with van der Waals surface area (Å²) in [5.74, 6) is -4.25. The zero-order chi connectivity index (χ0) is 23.3. The second kappa shape index (κ2) is 13.4. The van der Waals surface area contributed by atoms with Crippen molar-refractivity contribution in [1.29, 1.82) is 0 Å². The van der Waals surface area contributed by atoms with Crippen LogP contribution < -0.4 is 0 Å². The van der Waals surface area contributed by atoms with Gasteiger partial charge in [0.2, 0.25) is 0 Å². The molecule has 2 aromatic carbocycles. The summed E-state index contributed by atoms with van der Waals surface area (Å²) in [7, 11) is 0. The third-order valence-electron chi connectivity index (χ3n) is 3.30. The van der Waals surface area contributed by atoms with Gasteiger partial charge in [0.05, 0.1) is 22.3 Å². The number of carbonyl (C=O) groups is 4. The number of carboxylic acid groups (broad SMARTS) is 4. The molecule has 0 aliphatic heterocycles. The van der Waals surface area contributed by atoms with Gasteiger partial charge < -0.3 is 30.6 Å². The number of benzene rings is 2. The molecule has 30 heavy (non-hydrogen) atoms. The topological polar surface area (TPSA) is 190 Å². The average Bonchev–Trinajstić information content (AvgIpc) is 2.69. The molecule has 10 nitrogen and oxygen atoms in total. The van der Waals surface area contributed by atoms with Crippen LogP contribution in [0.3, 0.4) is 0 Å². The molecule has 162 valence electrons. The Balaban J connectivity index is 0.000000447. The Morgan fingerprint density at radius 3 is 0.867 bits per heavy atom. The van der Waals surface area contributed by atoms with Crippen molar-refractivity contribution in [2.45, 2.75) is 26.1 Å². The summed E-state index contributed by atoms with van der Waals surface area (Å²) in [5, 5.41) is 50.1. The molecule has 0 saturated carbocycles. The van der Waals surface area contributed by atoms with E-state index in [1.54, 1.807) is 0 Å². The van der Waals surface area contributed by atoms with E-state index in [1.807, 2.05) is 6.92 Å². The quantitative estimate of drug-likeness (QED) is 0.376. The standard InChI is InChI=1S/2C8H6O4.C4H10O2/c2*9-7(10)5-1-2-6(4-3-5)8(11)12;1-2-3-4(5)6/h2*1-4H,(H,9,10)(H,11,12);4-6H,2-3H2,1H3. The lowest BCUT2D eigenvalue weighted by Crippen LogP contribution is -2.01. The summed E-state index contributed by atoms with van der Waals surface area (Å²) < 4.78 is 0. The summed E-state index contributed by atoms with van der Waals surface area (Å²) in [6.45, 7) is 1.90. The molecule has 0 bridgehead atoms. The third-order valence-corrected chi connectivity index (χ3v) is 3.30. The van der Waals surface area contributed by atoms with Gasteiger partial charge in [0.1, 0.15) is 0 Å². The molecule has 0 heterocycles. The summed E-state index contributed by atoms with van der Waals surface area (Å²) in [6, 6.07) is 10.0. The maximum absolute atomic E-state index is 10.3. The van der Waals surface area contributed by atoms with Crippen molar-refractivity contribution in [3.8, 4) is 0 Å². The number of aromatic carboxylic acids is 4. The van der Waals surface area contributed by atoms with E-state index in [2.05, 4.69) is 0 Å². The number of aliphatic hydroxyl groups is 2. The second-order valence-corrected chi connectivity index (χ2v) is 5.64. The van der Waals surface area contributed by atoms with Gasteiger partial charge in [0.25, 0.3) is 0 Å². The van der Waals surface area contributed by atoms with E-state index in [0.29, 0.717) is 6.42 Å². The highest BCUT2D eigenvalue weighted by molar-refractivity contribution is 5.92. The first-order chi connectivity index (χ1) is 14.0. The Morgan fingerprint density at radius 2 is 0.800 bits per heavy atom.